The summed E-state index contributed by atoms with van der Waals surface area (Å²) in [5, 5.41) is -0.132. The summed E-state index contributed by atoms with van der Waals surface area (Å²) in [7, 11) is 0. The summed E-state index contributed by atoms with van der Waals surface area (Å²) in [5.74, 6) is 0. The Balaban J connectivity index is 1.99. The molecule has 0 bridgehead atoms. The van der Waals surface area contributed by atoms with Crippen LogP contribution in [0.3, 0.4) is 0 Å². The van der Waals surface area contributed by atoms with Gasteiger partial charge in [-0.25, -0.2) is 9.66 Å². The van der Waals surface area contributed by atoms with Crippen molar-refractivity contribution in [1.29, 1.82) is 0 Å². The molecule has 3 aromatic rings. The van der Waals surface area contributed by atoms with E-state index in [0.717, 1.165) is 26.6 Å². The topological polar surface area (TPSA) is 46.9 Å². The van der Waals surface area contributed by atoms with Crippen molar-refractivity contribution in [2.45, 2.75) is 39.2 Å². The smallest absolute Gasteiger partial charge is 0.290 e. The molecule has 0 aliphatic carbocycles. The second kappa shape index (κ2) is 9.30. The number of alkyl halides is 5. The zero-order chi connectivity index (χ0) is 22.1. The summed E-state index contributed by atoms with van der Waals surface area (Å²) in [6.07, 6.45) is -3.31. The monoisotopic (exact) mass is 493 g/mol. The number of thioether (sulfide) groups is 2. The van der Waals surface area contributed by atoms with E-state index in [1.165, 1.54) is 35.9 Å². The van der Waals surface area contributed by atoms with Gasteiger partial charge in [-0.3, -0.25) is 10.2 Å². The highest BCUT2D eigenvalue weighted by molar-refractivity contribution is 8.04. The Morgan fingerprint density at radius 1 is 1.03 bits per heavy atom. The van der Waals surface area contributed by atoms with E-state index < -0.39 is 17.3 Å². The Hall–Kier alpha value is -1.55. The third-order valence-corrected chi connectivity index (χ3v) is 6.37. The molecule has 0 fully saturated rings. The zero-order valence-electron chi connectivity index (χ0n) is 15.7. The Labute approximate surface area is 189 Å². The minimum Gasteiger partial charge on any atom is -0.290 e. The van der Waals surface area contributed by atoms with Gasteiger partial charge in [-0.05, 0) is 50.2 Å². The average Bonchev–Trinajstić information content (AvgIpc) is 2.64. The molecule has 11 heteroatoms. The molecular formula is C19H16Cl2F3N3OS2. The van der Waals surface area contributed by atoms with Crippen LogP contribution in [0, 0.1) is 0 Å². The van der Waals surface area contributed by atoms with Crippen LogP contribution in [0.25, 0.3) is 10.9 Å². The third-order valence-electron chi connectivity index (χ3n) is 3.86. The Morgan fingerprint density at radius 3 is 2.33 bits per heavy atom. The fraction of sp³-hybridized carbons (Fsp3) is 0.263. The van der Waals surface area contributed by atoms with Crippen LogP contribution in [0.5, 0.6) is 0 Å². The number of halogens is 5. The van der Waals surface area contributed by atoms with E-state index in [1.54, 1.807) is 12.1 Å². The van der Waals surface area contributed by atoms with Crippen LogP contribution in [0.2, 0.25) is 0 Å². The number of anilines is 1. The Morgan fingerprint density at radius 2 is 1.70 bits per heavy atom. The number of benzene rings is 2. The van der Waals surface area contributed by atoms with Crippen molar-refractivity contribution in [3.8, 4) is 0 Å². The van der Waals surface area contributed by atoms with Crippen LogP contribution < -0.4 is 11.0 Å². The molecule has 0 amide bonds. The maximum atomic E-state index is 13.0. The minimum atomic E-state index is -4.55. The number of nitrogens with zero attached hydrogens (tertiary/aromatic N) is 2. The largest absolute Gasteiger partial charge is 0.416 e. The van der Waals surface area contributed by atoms with Gasteiger partial charge in [0.25, 0.3) is 5.56 Å². The van der Waals surface area contributed by atoms with E-state index in [1.807, 2.05) is 19.9 Å². The quantitative estimate of drug-likeness (QED) is 0.307. The van der Waals surface area contributed by atoms with Crippen LogP contribution in [-0.4, -0.2) is 19.1 Å². The fourth-order valence-electron chi connectivity index (χ4n) is 2.63. The maximum Gasteiger partial charge on any atom is 0.416 e. The van der Waals surface area contributed by atoms with Gasteiger partial charge in [-0.15, -0.1) is 46.7 Å². The van der Waals surface area contributed by atoms with Gasteiger partial charge in [0.1, 0.15) is 6.33 Å². The Kier molecular flexibility index (Phi) is 7.16. The molecule has 0 aliphatic rings. The van der Waals surface area contributed by atoms with Gasteiger partial charge < -0.3 is 0 Å². The summed E-state index contributed by atoms with van der Waals surface area (Å²) in [5.41, 5.74) is 2.07. The number of fused-ring (bicyclic) bond motifs is 1. The van der Waals surface area contributed by atoms with E-state index in [4.69, 9.17) is 23.2 Å². The molecule has 0 radical (unpaired) electrons. The van der Waals surface area contributed by atoms with Crippen molar-refractivity contribution in [2.75, 3.05) is 5.43 Å². The molecule has 0 spiro atoms. The average molecular weight is 494 g/mol. The first-order valence-corrected chi connectivity index (χ1v) is 11.3. The zero-order valence-corrected chi connectivity index (χ0v) is 18.8. The van der Waals surface area contributed by atoms with Crippen molar-refractivity contribution in [2.24, 2.45) is 0 Å². The van der Waals surface area contributed by atoms with E-state index in [-0.39, 0.29) is 20.3 Å². The van der Waals surface area contributed by atoms with Gasteiger partial charge in [0, 0.05) is 9.79 Å². The Bertz CT molecular complexity index is 1120. The molecule has 0 saturated carbocycles. The first-order chi connectivity index (χ1) is 14.0. The number of aromatic nitrogens is 2. The third kappa shape index (κ3) is 5.57. The summed E-state index contributed by atoms with van der Waals surface area (Å²) in [6, 6.07) is 8.27. The van der Waals surface area contributed by atoms with Crippen molar-refractivity contribution in [1.82, 2.24) is 9.66 Å². The predicted molar refractivity (Wildman–Crippen MR) is 119 cm³/mol. The first kappa shape index (κ1) is 23.1. The van der Waals surface area contributed by atoms with Gasteiger partial charge >= 0.3 is 6.18 Å². The standard InChI is InChI=1S/C19H16Cl2F3N3OS2/c1-10(20)29-16-6-4-13(8-17(16)30-11(2)21)26-27-9-25-15-5-3-12(19(22,23)24)7-14(15)18(27)28/h3-11,26H,1-2H3. The highest BCUT2D eigenvalue weighted by Crippen LogP contribution is 2.38. The lowest BCUT2D eigenvalue weighted by Gasteiger charge is -2.15. The molecule has 3 rings (SSSR count). The molecule has 0 aliphatic heterocycles. The van der Waals surface area contributed by atoms with Crippen LogP contribution >= 0.6 is 46.7 Å². The second-order valence-electron chi connectivity index (χ2n) is 6.24. The van der Waals surface area contributed by atoms with Crippen LogP contribution in [0.1, 0.15) is 19.4 Å². The minimum absolute atomic E-state index is 0.132. The van der Waals surface area contributed by atoms with Gasteiger partial charge in [0.2, 0.25) is 0 Å². The molecule has 30 heavy (non-hydrogen) atoms. The highest BCUT2D eigenvalue weighted by atomic mass is 35.5. The van der Waals surface area contributed by atoms with E-state index in [0.29, 0.717) is 5.69 Å². The summed E-state index contributed by atoms with van der Waals surface area (Å²) in [6.45, 7) is 3.69. The van der Waals surface area contributed by atoms with Gasteiger partial charge in [0.15, 0.2) is 0 Å². The van der Waals surface area contributed by atoms with Crippen LogP contribution in [-0.2, 0) is 6.18 Å². The first-order valence-electron chi connectivity index (χ1n) is 8.66. The maximum absolute atomic E-state index is 13.0. The predicted octanol–water partition coefficient (Wildman–Crippen LogP) is 6.64. The lowest BCUT2D eigenvalue weighted by molar-refractivity contribution is -0.137. The molecule has 0 saturated heterocycles. The van der Waals surface area contributed by atoms with Crippen molar-refractivity contribution in [3.05, 3.63) is 58.6 Å². The van der Waals surface area contributed by atoms with Crippen molar-refractivity contribution < 1.29 is 13.2 Å². The van der Waals surface area contributed by atoms with Crippen LogP contribution in [0.15, 0.2) is 57.3 Å². The van der Waals surface area contributed by atoms with Gasteiger partial charge in [0.05, 0.1) is 31.6 Å². The van der Waals surface area contributed by atoms with Crippen LogP contribution in [0.4, 0.5) is 18.9 Å². The van der Waals surface area contributed by atoms with Crippen molar-refractivity contribution >= 4 is 63.3 Å². The molecule has 2 atom stereocenters. The number of rotatable bonds is 6. The lowest BCUT2D eigenvalue weighted by atomic mass is 10.1. The fourth-order valence-corrected chi connectivity index (χ4v) is 4.90. The number of nitrogens with one attached hydrogen (secondary N) is 1. The van der Waals surface area contributed by atoms with Gasteiger partial charge in [-0.2, -0.15) is 13.2 Å². The normalized spacial score (nSPS) is 14.0. The number of hydrogen-bond acceptors (Lipinski definition) is 5. The lowest BCUT2D eigenvalue weighted by Crippen LogP contribution is -2.26. The highest BCUT2D eigenvalue weighted by Gasteiger charge is 2.30. The summed E-state index contributed by atoms with van der Waals surface area (Å²) in [4.78, 5) is 18.6. The SMILES string of the molecule is CC(Cl)Sc1ccc(Nn2cnc3ccc(C(F)(F)F)cc3c2=O)cc1SC(C)Cl. The number of hydrogen-bond donors (Lipinski definition) is 1. The van der Waals surface area contributed by atoms with E-state index in [9.17, 15) is 18.0 Å². The van der Waals surface area contributed by atoms with E-state index in [2.05, 4.69) is 10.4 Å². The molecule has 1 heterocycles. The molecule has 2 aromatic carbocycles. The molecule has 160 valence electrons. The van der Waals surface area contributed by atoms with Gasteiger partial charge in [-0.1, -0.05) is 0 Å². The van der Waals surface area contributed by atoms with E-state index >= 15 is 0 Å². The molecule has 1 aromatic heterocycles. The second-order valence-corrected chi connectivity index (χ2v) is 10.8. The molecule has 4 nitrogen and oxygen atoms in total. The molecular weight excluding hydrogens is 478 g/mol. The molecule has 1 N–H and O–H groups in total. The van der Waals surface area contributed by atoms with Crippen molar-refractivity contribution in [3.63, 3.8) is 0 Å². The summed E-state index contributed by atoms with van der Waals surface area (Å²) >= 11 is 15.1. The molecule has 2 unspecified atom stereocenters. The summed E-state index contributed by atoms with van der Waals surface area (Å²) < 4.78 is 39.7.